The van der Waals surface area contributed by atoms with Crippen molar-refractivity contribution in [3.8, 4) is 0 Å². The molecule has 3 heterocycles. The molecule has 0 aromatic carbocycles. The highest BCUT2D eigenvalue weighted by Gasteiger charge is 2.24. The number of aromatic nitrogens is 2. The number of carbonyl (C=O) groups is 1. The van der Waals surface area contributed by atoms with Crippen molar-refractivity contribution in [2.45, 2.75) is 19.3 Å². The van der Waals surface area contributed by atoms with Gasteiger partial charge in [0.1, 0.15) is 15.7 Å². The number of hydrogen-bond donors (Lipinski definition) is 0. The van der Waals surface area contributed by atoms with Gasteiger partial charge < -0.3 is 4.40 Å². The predicted molar refractivity (Wildman–Crippen MR) is 75.7 cm³/mol. The van der Waals surface area contributed by atoms with Gasteiger partial charge >= 0.3 is 0 Å². The van der Waals surface area contributed by atoms with Crippen LogP contribution in [0.5, 0.6) is 0 Å². The SMILES string of the molecule is O=Cc1ccc2cnc(CC3CCS(=O)(=O)CC3)n2c1. The van der Waals surface area contributed by atoms with E-state index in [1.807, 2.05) is 10.5 Å². The van der Waals surface area contributed by atoms with Crippen LogP contribution in [0, 0.1) is 5.92 Å². The Morgan fingerprint density at radius 1 is 1.30 bits per heavy atom. The molecule has 5 nitrogen and oxygen atoms in total. The van der Waals surface area contributed by atoms with E-state index in [9.17, 15) is 13.2 Å². The molecule has 0 amide bonds. The largest absolute Gasteiger partial charge is 0.303 e. The Hall–Kier alpha value is -1.69. The fraction of sp³-hybridized carbons (Fsp3) is 0.429. The number of carbonyl (C=O) groups excluding carboxylic acids is 1. The van der Waals surface area contributed by atoms with Gasteiger partial charge in [0, 0.05) is 18.2 Å². The van der Waals surface area contributed by atoms with Gasteiger partial charge in [-0.15, -0.1) is 0 Å². The molecule has 0 bridgehead atoms. The molecule has 2 aromatic heterocycles. The molecule has 0 unspecified atom stereocenters. The zero-order chi connectivity index (χ0) is 14.2. The van der Waals surface area contributed by atoms with Crippen molar-refractivity contribution in [1.29, 1.82) is 0 Å². The molecular weight excluding hydrogens is 276 g/mol. The zero-order valence-corrected chi connectivity index (χ0v) is 11.8. The maximum Gasteiger partial charge on any atom is 0.151 e. The van der Waals surface area contributed by atoms with E-state index in [-0.39, 0.29) is 11.5 Å². The average molecular weight is 292 g/mol. The van der Waals surface area contributed by atoms with Gasteiger partial charge in [0.15, 0.2) is 6.29 Å². The van der Waals surface area contributed by atoms with Crippen molar-refractivity contribution in [1.82, 2.24) is 9.38 Å². The summed E-state index contributed by atoms with van der Waals surface area (Å²) in [5.74, 6) is 1.80. The quantitative estimate of drug-likeness (QED) is 0.804. The second-order valence-corrected chi connectivity index (χ2v) is 7.65. The molecule has 1 fully saturated rings. The first-order valence-electron chi connectivity index (χ1n) is 6.69. The fourth-order valence-electron chi connectivity index (χ4n) is 2.68. The average Bonchev–Trinajstić information content (AvgIpc) is 2.83. The third kappa shape index (κ3) is 2.60. The van der Waals surface area contributed by atoms with Gasteiger partial charge in [0.25, 0.3) is 0 Å². The minimum atomic E-state index is -2.82. The molecule has 0 aliphatic carbocycles. The van der Waals surface area contributed by atoms with Crippen LogP contribution in [0.3, 0.4) is 0 Å². The van der Waals surface area contributed by atoms with Crippen molar-refractivity contribution >= 4 is 21.6 Å². The first-order chi connectivity index (χ1) is 9.57. The number of pyridine rings is 1. The molecular formula is C14H16N2O3S. The Morgan fingerprint density at radius 3 is 2.75 bits per heavy atom. The van der Waals surface area contributed by atoms with Crippen molar-refractivity contribution in [3.05, 3.63) is 35.9 Å². The topological polar surface area (TPSA) is 68.5 Å². The molecule has 0 spiro atoms. The van der Waals surface area contributed by atoms with Crippen molar-refractivity contribution in [2.75, 3.05) is 11.5 Å². The predicted octanol–water partition coefficient (Wildman–Crippen LogP) is 1.51. The summed E-state index contributed by atoms with van der Waals surface area (Å²) in [5.41, 5.74) is 1.57. The molecule has 1 aliphatic heterocycles. The molecule has 106 valence electrons. The summed E-state index contributed by atoms with van der Waals surface area (Å²) in [6.07, 6.45) is 6.53. The standard InChI is InChI=1S/C14H16N2O3S/c17-10-12-1-2-13-8-15-14(16(13)9-12)7-11-3-5-20(18,19)6-4-11/h1-2,8-11H,3-7H2. The second kappa shape index (κ2) is 5.01. The Balaban J connectivity index is 1.82. The lowest BCUT2D eigenvalue weighted by molar-refractivity contribution is 0.112. The first kappa shape index (κ1) is 13.3. The Labute approximate surface area is 117 Å². The van der Waals surface area contributed by atoms with E-state index in [2.05, 4.69) is 4.98 Å². The van der Waals surface area contributed by atoms with Crippen LogP contribution < -0.4 is 0 Å². The first-order valence-corrected chi connectivity index (χ1v) is 8.51. The lowest BCUT2D eigenvalue weighted by Gasteiger charge is -2.21. The molecule has 1 saturated heterocycles. The number of imidazole rings is 1. The highest BCUT2D eigenvalue weighted by Crippen LogP contribution is 2.23. The zero-order valence-electron chi connectivity index (χ0n) is 11.0. The number of rotatable bonds is 3. The van der Waals surface area contributed by atoms with Crippen molar-refractivity contribution < 1.29 is 13.2 Å². The fourth-order valence-corrected chi connectivity index (χ4v) is 4.27. The van der Waals surface area contributed by atoms with Crippen molar-refractivity contribution in [2.24, 2.45) is 5.92 Å². The molecule has 20 heavy (non-hydrogen) atoms. The summed E-state index contributed by atoms with van der Waals surface area (Å²) in [6.45, 7) is 0. The van der Waals surface area contributed by atoms with Gasteiger partial charge in [-0.05, 0) is 30.9 Å². The number of nitrogens with zero attached hydrogens (tertiary/aromatic N) is 2. The summed E-state index contributed by atoms with van der Waals surface area (Å²) in [7, 11) is -2.82. The van der Waals surface area contributed by atoms with Crippen LogP contribution in [0.4, 0.5) is 0 Å². The minimum absolute atomic E-state index is 0.278. The smallest absolute Gasteiger partial charge is 0.151 e. The molecule has 3 rings (SSSR count). The van der Waals surface area contributed by atoms with Gasteiger partial charge in [-0.2, -0.15) is 0 Å². The molecule has 0 radical (unpaired) electrons. The highest BCUT2D eigenvalue weighted by molar-refractivity contribution is 7.91. The van der Waals surface area contributed by atoms with Crippen LogP contribution in [-0.4, -0.2) is 35.6 Å². The van der Waals surface area contributed by atoms with E-state index >= 15 is 0 Å². The number of hydrogen-bond acceptors (Lipinski definition) is 4. The lowest BCUT2D eigenvalue weighted by atomic mass is 9.98. The van der Waals surface area contributed by atoms with E-state index in [4.69, 9.17) is 0 Å². The molecule has 0 saturated carbocycles. The monoisotopic (exact) mass is 292 g/mol. The van der Waals surface area contributed by atoms with Crippen LogP contribution in [0.25, 0.3) is 5.52 Å². The molecule has 0 atom stereocenters. The third-order valence-electron chi connectivity index (χ3n) is 3.91. The molecule has 2 aromatic rings. The van der Waals surface area contributed by atoms with Crippen LogP contribution in [0.2, 0.25) is 0 Å². The molecule has 6 heteroatoms. The Kier molecular flexibility index (Phi) is 3.33. The Morgan fingerprint density at radius 2 is 2.05 bits per heavy atom. The minimum Gasteiger partial charge on any atom is -0.303 e. The highest BCUT2D eigenvalue weighted by atomic mass is 32.2. The number of fused-ring (bicyclic) bond motifs is 1. The Bertz CT molecular complexity index is 735. The molecule has 0 N–H and O–H groups in total. The number of aldehydes is 1. The maximum absolute atomic E-state index is 11.4. The van der Waals surface area contributed by atoms with Gasteiger partial charge in [-0.25, -0.2) is 13.4 Å². The van der Waals surface area contributed by atoms with Gasteiger partial charge in [-0.1, -0.05) is 0 Å². The van der Waals surface area contributed by atoms with Gasteiger partial charge in [0.05, 0.1) is 23.2 Å². The lowest BCUT2D eigenvalue weighted by Crippen LogP contribution is -2.25. The normalized spacial score (nSPS) is 19.2. The number of sulfone groups is 1. The van der Waals surface area contributed by atoms with Gasteiger partial charge in [0.2, 0.25) is 0 Å². The summed E-state index contributed by atoms with van der Waals surface area (Å²) in [6, 6.07) is 3.63. The van der Waals surface area contributed by atoms with Crippen LogP contribution in [-0.2, 0) is 16.3 Å². The maximum atomic E-state index is 11.4. The van der Waals surface area contributed by atoms with E-state index in [1.165, 1.54) is 0 Å². The van der Waals surface area contributed by atoms with Gasteiger partial charge in [-0.3, -0.25) is 4.79 Å². The van der Waals surface area contributed by atoms with Crippen molar-refractivity contribution in [3.63, 3.8) is 0 Å². The van der Waals surface area contributed by atoms with Crippen LogP contribution in [0.15, 0.2) is 24.5 Å². The van der Waals surface area contributed by atoms with Crippen LogP contribution in [0.1, 0.15) is 29.0 Å². The summed E-state index contributed by atoms with van der Waals surface area (Å²) >= 11 is 0. The summed E-state index contributed by atoms with van der Waals surface area (Å²) in [5, 5.41) is 0. The second-order valence-electron chi connectivity index (χ2n) is 5.35. The van der Waals surface area contributed by atoms with Crippen LogP contribution >= 0.6 is 0 Å². The van der Waals surface area contributed by atoms with E-state index < -0.39 is 9.84 Å². The molecule has 1 aliphatic rings. The third-order valence-corrected chi connectivity index (χ3v) is 5.62. The summed E-state index contributed by atoms with van der Waals surface area (Å²) in [4.78, 5) is 15.2. The van der Waals surface area contributed by atoms with E-state index in [0.29, 0.717) is 24.3 Å². The van der Waals surface area contributed by atoms with E-state index in [1.54, 1.807) is 18.5 Å². The van der Waals surface area contributed by atoms with E-state index in [0.717, 1.165) is 24.0 Å². The summed E-state index contributed by atoms with van der Waals surface area (Å²) < 4.78 is 24.8.